The van der Waals surface area contributed by atoms with Crippen LogP contribution in [0.5, 0.6) is 0 Å². The Balaban J connectivity index is 2.42. The van der Waals surface area contributed by atoms with Crippen molar-refractivity contribution in [1.29, 1.82) is 0 Å². The van der Waals surface area contributed by atoms with E-state index in [1.54, 1.807) is 0 Å². The minimum absolute atomic E-state index is 0.0168. The topological polar surface area (TPSA) is 95.1 Å². The molecule has 1 heterocycles. The summed E-state index contributed by atoms with van der Waals surface area (Å²) in [7, 11) is 0. The van der Waals surface area contributed by atoms with Gasteiger partial charge in [0.2, 0.25) is 0 Å². The quantitative estimate of drug-likeness (QED) is 0.812. The van der Waals surface area contributed by atoms with Crippen LogP contribution in [0.1, 0.15) is 20.8 Å². The van der Waals surface area contributed by atoms with Crippen LogP contribution >= 0.6 is 23.2 Å². The Kier molecular flexibility index (Phi) is 3.73. The predicted molar refractivity (Wildman–Crippen MR) is 70.0 cm³/mol. The molecule has 2 aromatic rings. The van der Waals surface area contributed by atoms with E-state index in [-0.39, 0.29) is 27.0 Å². The molecular weight excluding hydrogens is 293 g/mol. The number of amides is 1. The van der Waals surface area contributed by atoms with Gasteiger partial charge in [-0.05, 0) is 12.1 Å². The van der Waals surface area contributed by atoms with E-state index in [2.05, 4.69) is 15.3 Å². The summed E-state index contributed by atoms with van der Waals surface area (Å²) in [6.07, 6.45) is 2.63. The van der Waals surface area contributed by atoms with E-state index >= 15 is 0 Å². The first kappa shape index (κ1) is 13.4. The lowest BCUT2D eigenvalue weighted by molar-refractivity contribution is 0.0698. The Morgan fingerprint density at radius 2 is 1.95 bits per heavy atom. The molecule has 0 saturated carbocycles. The minimum Gasteiger partial charge on any atom is -0.478 e. The van der Waals surface area contributed by atoms with E-state index in [1.165, 1.54) is 24.7 Å². The van der Waals surface area contributed by atoms with E-state index in [4.69, 9.17) is 28.3 Å². The maximum atomic E-state index is 11.8. The minimum atomic E-state index is -1.28. The van der Waals surface area contributed by atoms with E-state index < -0.39 is 11.9 Å². The third-order valence-electron chi connectivity index (χ3n) is 2.30. The number of hydrogen-bond donors (Lipinski definition) is 3. The van der Waals surface area contributed by atoms with Crippen LogP contribution < -0.4 is 5.32 Å². The number of aromatic nitrogens is 2. The van der Waals surface area contributed by atoms with Gasteiger partial charge >= 0.3 is 5.97 Å². The number of hydrogen-bond acceptors (Lipinski definition) is 3. The molecule has 0 aliphatic heterocycles. The summed E-state index contributed by atoms with van der Waals surface area (Å²) in [6, 6.07) is 2.75. The normalized spacial score (nSPS) is 10.2. The number of carbonyl (C=O) groups excluding carboxylic acids is 1. The van der Waals surface area contributed by atoms with Crippen molar-refractivity contribution in [2.75, 3.05) is 5.32 Å². The Bertz CT molecular complexity index is 641. The largest absolute Gasteiger partial charge is 0.478 e. The molecule has 0 saturated heterocycles. The van der Waals surface area contributed by atoms with Crippen molar-refractivity contribution in [3.05, 3.63) is 46.0 Å². The molecule has 1 aromatic heterocycles. The SMILES string of the molecule is O=C(Nc1c(Cl)ccc(Cl)c1C(=O)O)c1cnc[nH]1. The zero-order valence-electron chi connectivity index (χ0n) is 9.28. The van der Waals surface area contributed by atoms with Crippen molar-refractivity contribution in [3.8, 4) is 0 Å². The number of aromatic carboxylic acids is 1. The first-order valence-electron chi connectivity index (χ1n) is 5.01. The van der Waals surface area contributed by atoms with Crippen LogP contribution in [0.4, 0.5) is 5.69 Å². The van der Waals surface area contributed by atoms with Crippen molar-refractivity contribution >= 4 is 40.8 Å². The second-order valence-electron chi connectivity index (χ2n) is 3.50. The average Bonchev–Trinajstić information content (AvgIpc) is 2.87. The summed E-state index contributed by atoms with van der Waals surface area (Å²) < 4.78 is 0. The number of anilines is 1. The number of aromatic amines is 1. The number of carboxylic acid groups (broad SMARTS) is 1. The summed E-state index contributed by atoms with van der Waals surface area (Å²) in [4.78, 5) is 29.3. The third kappa shape index (κ3) is 2.69. The molecule has 0 radical (unpaired) electrons. The average molecular weight is 300 g/mol. The Morgan fingerprint density at radius 3 is 2.53 bits per heavy atom. The van der Waals surface area contributed by atoms with Gasteiger partial charge in [-0.3, -0.25) is 4.79 Å². The standard InChI is InChI=1S/C11H7Cl2N3O3/c12-5-1-2-6(13)9(8(5)11(18)19)16-10(17)7-3-14-4-15-7/h1-4H,(H,14,15)(H,16,17)(H,18,19). The van der Waals surface area contributed by atoms with E-state index in [1.807, 2.05) is 0 Å². The number of imidazole rings is 1. The van der Waals surface area contributed by atoms with Gasteiger partial charge in [-0.1, -0.05) is 23.2 Å². The van der Waals surface area contributed by atoms with Gasteiger partial charge in [0.05, 0.1) is 28.3 Å². The molecule has 98 valence electrons. The van der Waals surface area contributed by atoms with Gasteiger partial charge in [0.15, 0.2) is 0 Å². The summed E-state index contributed by atoms with van der Waals surface area (Å²) in [6.45, 7) is 0. The monoisotopic (exact) mass is 299 g/mol. The highest BCUT2D eigenvalue weighted by atomic mass is 35.5. The van der Waals surface area contributed by atoms with E-state index in [0.717, 1.165) is 0 Å². The summed E-state index contributed by atoms with van der Waals surface area (Å²) in [5, 5.41) is 11.6. The molecule has 0 aliphatic rings. The van der Waals surface area contributed by atoms with Gasteiger partial charge in [0, 0.05) is 0 Å². The second-order valence-corrected chi connectivity index (χ2v) is 4.32. The van der Waals surface area contributed by atoms with E-state index in [9.17, 15) is 9.59 Å². The number of carbonyl (C=O) groups is 2. The molecule has 0 aliphatic carbocycles. The fourth-order valence-corrected chi connectivity index (χ4v) is 1.89. The fourth-order valence-electron chi connectivity index (χ4n) is 1.44. The van der Waals surface area contributed by atoms with Crippen LogP contribution in [0.25, 0.3) is 0 Å². The number of halogens is 2. The van der Waals surface area contributed by atoms with Crippen molar-refractivity contribution < 1.29 is 14.7 Å². The molecular formula is C11H7Cl2N3O3. The predicted octanol–water partition coefficient (Wildman–Crippen LogP) is 2.67. The van der Waals surface area contributed by atoms with Crippen molar-refractivity contribution in [2.45, 2.75) is 0 Å². The van der Waals surface area contributed by atoms with Gasteiger partial charge in [-0.2, -0.15) is 0 Å². The van der Waals surface area contributed by atoms with Gasteiger partial charge in [0.25, 0.3) is 5.91 Å². The van der Waals surface area contributed by atoms with Crippen LogP contribution in [-0.2, 0) is 0 Å². The molecule has 0 bridgehead atoms. The maximum Gasteiger partial charge on any atom is 0.339 e. The molecule has 0 spiro atoms. The summed E-state index contributed by atoms with van der Waals surface area (Å²) in [5.41, 5.74) is -0.143. The molecule has 0 fully saturated rings. The highest BCUT2D eigenvalue weighted by Crippen LogP contribution is 2.32. The number of H-pyrrole nitrogens is 1. The molecule has 1 amide bonds. The summed E-state index contributed by atoms with van der Waals surface area (Å²) in [5.74, 6) is -1.85. The maximum absolute atomic E-state index is 11.8. The van der Waals surface area contributed by atoms with Crippen LogP contribution in [0, 0.1) is 0 Å². The van der Waals surface area contributed by atoms with Gasteiger partial charge in [0.1, 0.15) is 11.3 Å². The lowest BCUT2D eigenvalue weighted by atomic mass is 10.1. The Labute approximate surface area is 117 Å². The molecule has 8 heteroatoms. The zero-order valence-corrected chi connectivity index (χ0v) is 10.8. The molecule has 19 heavy (non-hydrogen) atoms. The molecule has 1 aromatic carbocycles. The van der Waals surface area contributed by atoms with Gasteiger partial charge in [-0.25, -0.2) is 9.78 Å². The van der Waals surface area contributed by atoms with Crippen LogP contribution in [-0.4, -0.2) is 27.0 Å². The Hall–Kier alpha value is -2.05. The van der Waals surface area contributed by atoms with Crippen LogP contribution in [0.15, 0.2) is 24.7 Å². The first-order chi connectivity index (χ1) is 9.00. The van der Waals surface area contributed by atoms with Crippen LogP contribution in [0.2, 0.25) is 10.0 Å². The number of nitrogens with zero attached hydrogens (tertiary/aromatic N) is 1. The fraction of sp³-hybridized carbons (Fsp3) is 0. The van der Waals surface area contributed by atoms with Crippen molar-refractivity contribution in [3.63, 3.8) is 0 Å². The van der Waals surface area contributed by atoms with Crippen molar-refractivity contribution in [1.82, 2.24) is 9.97 Å². The zero-order chi connectivity index (χ0) is 14.0. The lowest BCUT2D eigenvalue weighted by Gasteiger charge is -2.11. The first-order valence-corrected chi connectivity index (χ1v) is 5.77. The molecule has 0 unspecified atom stereocenters. The van der Waals surface area contributed by atoms with Crippen LogP contribution in [0.3, 0.4) is 0 Å². The molecule has 3 N–H and O–H groups in total. The van der Waals surface area contributed by atoms with E-state index in [0.29, 0.717) is 0 Å². The number of rotatable bonds is 3. The summed E-state index contributed by atoms with van der Waals surface area (Å²) >= 11 is 11.7. The number of benzene rings is 1. The van der Waals surface area contributed by atoms with Gasteiger partial charge in [-0.15, -0.1) is 0 Å². The third-order valence-corrected chi connectivity index (χ3v) is 2.93. The Morgan fingerprint density at radius 1 is 1.26 bits per heavy atom. The molecule has 6 nitrogen and oxygen atoms in total. The van der Waals surface area contributed by atoms with Gasteiger partial charge < -0.3 is 15.4 Å². The number of carboxylic acids is 1. The smallest absolute Gasteiger partial charge is 0.339 e. The highest BCUT2D eigenvalue weighted by molar-refractivity contribution is 6.38. The molecule has 0 atom stereocenters. The van der Waals surface area contributed by atoms with Crippen molar-refractivity contribution in [2.24, 2.45) is 0 Å². The number of nitrogens with one attached hydrogen (secondary N) is 2. The highest BCUT2D eigenvalue weighted by Gasteiger charge is 2.20. The molecule has 2 rings (SSSR count). The second kappa shape index (κ2) is 5.29. The lowest BCUT2D eigenvalue weighted by Crippen LogP contribution is -2.16.